The van der Waals surface area contributed by atoms with Gasteiger partial charge in [0.05, 0.1) is 12.7 Å². The molecule has 1 aliphatic heterocycles. The van der Waals surface area contributed by atoms with Crippen molar-refractivity contribution in [3.05, 3.63) is 30.2 Å². The number of aromatic nitrogens is 2. The maximum Gasteiger partial charge on any atom is 0.422 e. The molecule has 6 nitrogen and oxygen atoms in total. The summed E-state index contributed by atoms with van der Waals surface area (Å²) in [7, 11) is 0. The van der Waals surface area contributed by atoms with E-state index >= 15 is 0 Å². The quantitative estimate of drug-likeness (QED) is 0.803. The number of hydrogen-bond acceptors (Lipinski definition) is 6. The zero-order valence-electron chi connectivity index (χ0n) is 12.6. The first-order chi connectivity index (χ1) is 11.5. The van der Waals surface area contributed by atoms with Crippen molar-refractivity contribution in [2.24, 2.45) is 0 Å². The molecule has 1 atom stereocenters. The Balaban J connectivity index is 1.56. The van der Waals surface area contributed by atoms with Crippen molar-refractivity contribution in [2.75, 3.05) is 19.8 Å². The average molecular weight is 344 g/mol. The molecular weight excluding hydrogens is 329 g/mol. The summed E-state index contributed by atoms with van der Waals surface area (Å²) < 4.78 is 56.8. The molecule has 9 heteroatoms. The van der Waals surface area contributed by atoms with Gasteiger partial charge < -0.3 is 18.7 Å². The van der Waals surface area contributed by atoms with Crippen LogP contribution >= 0.6 is 0 Å². The molecule has 2 heterocycles. The summed E-state index contributed by atoms with van der Waals surface area (Å²) in [5.74, 6) is 0.775. The van der Waals surface area contributed by atoms with E-state index in [1.165, 1.54) is 12.1 Å². The number of hydrogen-bond donors (Lipinski definition) is 0. The Hall–Kier alpha value is -2.13. The molecule has 3 rings (SSSR count). The van der Waals surface area contributed by atoms with E-state index in [0.29, 0.717) is 30.5 Å². The summed E-state index contributed by atoms with van der Waals surface area (Å²) in [5, 5.41) is 3.83. The monoisotopic (exact) mass is 344 g/mol. The molecule has 1 aromatic carbocycles. The summed E-state index contributed by atoms with van der Waals surface area (Å²) >= 11 is 0. The van der Waals surface area contributed by atoms with E-state index in [0.717, 1.165) is 6.42 Å². The Morgan fingerprint density at radius 3 is 2.67 bits per heavy atom. The Morgan fingerprint density at radius 2 is 2.00 bits per heavy atom. The van der Waals surface area contributed by atoms with Crippen molar-refractivity contribution >= 4 is 0 Å². The molecule has 0 radical (unpaired) electrons. The number of alkyl halides is 3. The van der Waals surface area contributed by atoms with E-state index in [4.69, 9.17) is 14.0 Å². The van der Waals surface area contributed by atoms with E-state index in [-0.39, 0.29) is 18.5 Å². The number of benzene rings is 1. The molecule has 2 aromatic rings. The van der Waals surface area contributed by atoms with Gasteiger partial charge in [-0.05, 0) is 30.7 Å². The van der Waals surface area contributed by atoms with Gasteiger partial charge in [-0.15, -0.1) is 0 Å². The molecule has 1 aromatic heterocycles. The number of rotatable bonds is 6. The van der Waals surface area contributed by atoms with Crippen LogP contribution in [0.3, 0.4) is 0 Å². The molecule has 0 aliphatic carbocycles. The van der Waals surface area contributed by atoms with Crippen LogP contribution < -0.4 is 4.74 Å². The minimum atomic E-state index is -4.37. The Morgan fingerprint density at radius 1 is 1.21 bits per heavy atom. The summed E-state index contributed by atoms with van der Waals surface area (Å²) in [6.45, 7) is 0.0949. The Kier molecular flexibility index (Phi) is 5.00. The highest BCUT2D eigenvalue weighted by Crippen LogP contribution is 2.22. The van der Waals surface area contributed by atoms with E-state index in [9.17, 15) is 13.2 Å². The number of halogens is 3. The summed E-state index contributed by atoms with van der Waals surface area (Å²) in [5.41, 5.74) is 0.605. The van der Waals surface area contributed by atoms with Crippen LogP contribution in [0.4, 0.5) is 13.2 Å². The van der Waals surface area contributed by atoms with Gasteiger partial charge in [-0.1, -0.05) is 5.16 Å². The van der Waals surface area contributed by atoms with E-state index < -0.39 is 12.8 Å². The van der Waals surface area contributed by atoms with Crippen molar-refractivity contribution in [3.8, 4) is 17.1 Å². The molecule has 0 unspecified atom stereocenters. The molecule has 1 saturated heterocycles. The van der Waals surface area contributed by atoms with Crippen LogP contribution in [0.1, 0.15) is 12.3 Å². The summed E-state index contributed by atoms with van der Waals surface area (Å²) in [4.78, 5) is 4.19. The topological polar surface area (TPSA) is 66.6 Å². The van der Waals surface area contributed by atoms with Crippen molar-refractivity contribution in [1.82, 2.24) is 10.1 Å². The molecular formula is C15H15F3N2O4. The van der Waals surface area contributed by atoms with E-state index in [2.05, 4.69) is 14.9 Å². The third-order valence-corrected chi connectivity index (χ3v) is 3.31. The Labute approximate surface area is 135 Å². The lowest BCUT2D eigenvalue weighted by atomic mass is 10.2. The van der Waals surface area contributed by atoms with Crippen LogP contribution in [0.15, 0.2) is 28.8 Å². The zero-order chi connectivity index (χ0) is 17.0. The van der Waals surface area contributed by atoms with Crippen LogP contribution in [0.5, 0.6) is 5.75 Å². The van der Waals surface area contributed by atoms with Gasteiger partial charge >= 0.3 is 6.18 Å². The highest BCUT2D eigenvalue weighted by molar-refractivity contribution is 5.55. The van der Waals surface area contributed by atoms with Crippen LogP contribution in [-0.4, -0.2) is 42.2 Å². The van der Waals surface area contributed by atoms with Gasteiger partial charge in [-0.25, -0.2) is 0 Å². The summed E-state index contributed by atoms with van der Waals surface area (Å²) in [6.07, 6.45) is -3.50. The molecule has 1 aliphatic rings. The maximum absolute atomic E-state index is 12.1. The third kappa shape index (κ3) is 4.68. The fourth-order valence-corrected chi connectivity index (χ4v) is 2.13. The van der Waals surface area contributed by atoms with Gasteiger partial charge in [-0.2, -0.15) is 18.2 Å². The lowest BCUT2D eigenvalue weighted by molar-refractivity contribution is -0.153. The lowest BCUT2D eigenvalue weighted by Crippen LogP contribution is -2.19. The fraction of sp³-hybridized carbons (Fsp3) is 0.467. The first-order valence-electron chi connectivity index (χ1n) is 7.31. The molecule has 130 valence electrons. The van der Waals surface area contributed by atoms with Gasteiger partial charge in [0.1, 0.15) is 12.4 Å². The predicted octanol–water partition coefficient (Wildman–Crippen LogP) is 2.98. The molecule has 0 N–H and O–H groups in total. The van der Waals surface area contributed by atoms with Crippen molar-refractivity contribution < 1.29 is 31.9 Å². The van der Waals surface area contributed by atoms with Gasteiger partial charge in [0.15, 0.2) is 6.61 Å². The van der Waals surface area contributed by atoms with Gasteiger partial charge in [0.2, 0.25) is 5.82 Å². The van der Waals surface area contributed by atoms with Crippen molar-refractivity contribution in [1.29, 1.82) is 0 Å². The minimum Gasteiger partial charge on any atom is -0.484 e. The van der Waals surface area contributed by atoms with Crippen molar-refractivity contribution in [2.45, 2.75) is 25.3 Å². The molecule has 0 saturated carbocycles. The number of ether oxygens (including phenoxy) is 3. The molecule has 0 spiro atoms. The fourth-order valence-electron chi connectivity index (χ4n) is 2.13. The molecule has 24 heavy (non-hydrogen) atoms. The molecule has 1 fully saturated rings. The van der Waals surface area contributed by atoms with E-state index in [1.807, 2.05) is 0 Å². The summed E-state index contributed by atoms with van der Waals surface area (Å²) in [6, 6.07) is 5.96. The molecule has 0 amide bonds. The largest absolute Gasteiger partial charge is 0.484 e. The first-order valence-corrected chi connectivity index (χ1v) is 7.31. The normalized spacial score (nSPS) is 18.0. The van der Waals surface area contributed by atoms with Crippen LogP contribution in [0.25, 0.3) is 11.4 Å². The average Bonchev–Trinajstić information content (AvgIpc) is 3.22. The second kappa shape index (κ2) is 7.18. The van der Waals surface area contributed by atoms with Gasteiger partial charge in [-0.3, -0.25) is 0 Å². The van der Waals surface area contributed by atoms with Gasteiger partial charge in [0.25, 0.3) is 5.89 Å². The Bertz CT molecular complexity index is 651. The maximum atomic E-state index is 12.1. The standard InChI is InChI=1S/C15H15F3N2O4/c16-15(17,18)9-23-11-3-1-10(2-4-11)14-19-13(24-20-14)8-22-12-5-6-21-7-12/h1-4,12H,5-9H2/t12-/m0/s1. The van der Waals surface area contributed by atoms with Crippen molar-refractivity contribution in [3.63, 3.8) is 0 Å². The third-order valence-electron chi connectivity index (χ3n) is 3.31. The zero-order valence-corrected chi connectivity index (χ0v) is 12.6. The van der Waals surface area contributed by atoms with E-state index in [1.54, 1.807) is 12.1 Å². The second-order valence-electron chi connectivity index (χ2n) is 5.24. The number of nitrogens with zero attached hydrogens (tertiary/aromatic N) is 2. The van der Waals surface area contributed by atoms with Gasteiger partial charge in [0, 0.05) is 12.2 Å². The second-order valence-corrected chi connectivity index (χ2v) is 5.24. The highest BCUT2D eigenvalue weighted by atomic mass is 19.4. The lowest BCUT2D eigenvalue weighted by Gasteiger charge is -2.08. The minimum absolute atomic E-state index is 0.0328. The predicted molar refractivity (Wildman–Crippen MR) is 75.3 cm³/mol. The van der Waals surface area contributed by atoms with Crippen LogP contribution in [0, 0.1) is 0 Å². The highest BCUT2D eigenvalue weighted by Gasteiger charge is 2.28. The molecule has 0 bridgehead atoms. The first kappa shape index (κ1) is 16.7. The smallest absolute Gasteiger partial charge is 0.422 e. The van der Waals surface area contributed by atoms with Crippen LogP contribution in [0.2, 0.25) is 0 Å². The SMILES string of the molecule is FC(F)(F)COc1ccc(-c2noc(CO[C@H]3CCOC3)n2)cc1. The van der Waals surface area contributed by atoms with Crippen LogP contribution in [-0.2, 0) is 16.1 Å².